The third-order valence-electron chi connectivity index (χ3n) is 5.10. The zero-order valence-electron chi connectivity index (χ0n) is 14.5. The van der Waals surface area contributed by atoms with Gasteiger partial charge in [-0.15, -0.1) is 0 Å². The van der Waals surface area contributed by atoms with E-state index in [2.05, 4.69) is 0 Å². The van der Waals surface area contributed by atoms with Crippen molar-refractivity contribution in [2.45, 2.75) is 19.0 Å². The van der Waals surface area contributed by atoms with E-state index in [-0.39, 0.29) is 13.0 Å². The summed E-state index contributed by atoms with van der Waals surface area (Å²) < 4.78 is 45.1. The molecule has 0 radical (unpaired) electrons. The number of likely N-dealkylation sites (tertiary alicyclic amines) is 1. The first-order valence-corrected chi connectivity index (χ1v) is 8.31. The fourth-order valence-corrected chi connectivity index (χ4v) is 3.42. The summed E-state index contributed by atoms with van der Waals surface area (Å²) in [5.41, 5.74) is -2.25. The average molecular weight is 381 g/mol. The highest BCUT2D eigenvalue weighted by atomic mass is 19.4. The SMILES string of the molecule is COc1ccc2cccc(CC(=O)N3CCC(C(=O)O)(C(F)(F)F)C3)c2c1. The molecular weight excluding hydrogens is 363 g/mol. The van der Waals surface area contributed by atoms with Crippen LogP contribution in [0.15, 0.2) is 36.4 Å². The minimum Gasteiger partial charge on any atom is -0.497 e. The van der Waals surface area contributed by atoms with E-state index in [0.717, 1.165) is 15.7 Å². The number of hydrogen-bond donors (Lipinski definition) is 1. The molecule has 1 atom stereocenters. The van der Waals surface area contributed by atoms with Crippen molar-refractivity contribution in [1.29, 1.82) is 0 Å². The van der Waals surface area contributed by atoms with E-state index in [1.54, 1.807) is 24.3 Å². The van der Waals surface area contributed by atoms with Crippen molar-refractivity contribution in [2.24, 2.45) is 5.41 Å². The summed E-state index contributed by atoms with van der Waals surface area (Å²) in [5.74, 6) is -1.87. The average Bonchev–Trinajstić information content (AvgIpc) is 3.08. The number of amides is 1. The lowest BCUT2D eigenvalue weighted by Crippen LogP contribution is -2.47. The molecule has 8 heteroatoms. The van der Waals surface area contributed by atoms with E-state index >= 15 is 0 Å². The fourth-order valence-electron chi connectivity index (χ4n) is 3.42. The lowest BCUT2D eigenvalue weighted by atomic mass is 9.86. The second-order valence-corrected chi connectivity index (χ2v) is 6.63. The molecule has 0 bridgehead atoms. The van der Waals surface area contributed by atoms with Gasteiger partial charge in [0.1, 0.15) is 5.75 Å². The van der Waals surface area contributed by atoms with Gasteiger partial charge in [0, 0.05) is 13.1 Å². The number of carboxylic acids is 1. The summed E-state index contributed by atoms with van der Waals surface area (Å²) >= 11 is 0. The van der Waals surface area contributed by atoms with E-state index in [1.807, 2.05) is 12.1 Å². The molecule has 2 aromatic rings. The number of methoxy groups -OCH3 is 1. The van der Waals surface area contributed by atoms with Crippen LogP contribution in [-0.4, -0.2) is 48.3 Å². The lowest BCUT2D eigenvalue weighted by Gasteiger charge is -2.27. The third kappa shape index (κ3) is 3.31. The van der Waals surface area contributed by atoms with Crippen molar-refractivity contribution in [2.75, 3.05) is 20.2 Å². The highest BCUT2D eigenvalue weighted by Gasteiger charge is 2.64. The van der Waals surface area contributed by atoms with Crippen LogP contribution in [0.4, 0.5) is 13.2 Å². The lowest BCUT2D eigenvalue weighted by molar-refractivity contribution is -0.227. The summed E-state index contributed by atoms with van der Waals surface area (Å²) in [4.78, 5) is 24.8. The quantitative estimate of drug-likeness (QED) is 0.883. The van der Waals surface area contributed by atoms with Crippen LogP contribution in [0.25, 0.3) is 10.8 Å². The Morgan fingerprint density at radius 1 is 1.26 bits per heavy atom. The van der Waals surface area contributed by atoms with Crippen molar-refractivity contribution in [3.05, 3.63) is 42.0 Å². The predicted octanol–water partition coefficient (Wildman–Crippen LogP) is 3.26. The van der Waals surface area contributed by atoms with Crippen LogP contribution in [0.3, 0.4) is 0 Å². The normalized spacial score (nSPS) is 20.1. The Kier molecular flexibility index (Phi) is 4.75. The van der Waals surface area contributed by atoms with Gasteiger partial charge in [0.05, 0.1) is 13.5 Å². The molecule has 0 aliphatic carbocycles. The van der Waals surface area contributed by atoms with Gasteiger partial charge in [-0.05, 0) is 34.9 Å². The van der Waals surface area contributed by atoms with Crippen LogP contribution in [-0.2, 0) is 16.0 Å². The van der Waals surface area contributed by atoms with Gasteiger partial charge < -0.3 is 14.7 Å². The smallest absolute Gasteiger partial charge is 0.406 e. The van der Waals surface area contributed by atoms with Crippen LogP contribution < -0.4 is 4.74 Å². The minimum atomic E-state index is -4.92. The summed E-state index contributed by atoms with van der Waals surface area (Å²) in [7, 11) is 1.52. The van der Waals surface area contributed by atoms with Gasteiger partial charge in [0.2, 0.25) is 5.91 Å². The predicted molar refractivity (Wildman–Crippen MR) is 91.5 cm³/mol. The molecule has 1 N–H and O–H groups in total. The Morgan fingerprint density at radius 3 is 2.59 bits per heavy atom. The number of aliphatic carboxylic acids is 1. The second-order valence-electron chi connectivity index (χ2n) is 6.63. The summed E-state index contributed by atoms with van der Waals surface area (Å²) in [5, 5.41) is 10.8. The van der Waals surface area contributed by atoms with Crippen LogP contribution >= 0.6 is 0 Å². The molecule has 0 saturated carbocycles. The van der Waals surface area contributed by atoms with Crippen molar-refractivity contribution in [1.82, 2.24) is 4.90 Å². The number of fused-ring (bicyclic) bond motifs is 1. The second kappa shape index (κ2) is 6.75. The van der Waals surface area contributed by atoms with Gasteiger partial charge in [0.15, 0.2) is 5.41 Å². The standard InChI is InChI=1S/C19H18F3NO4/c1-27-14-6-5-12-3-2-4-13(15(12)10-14)9-16(24)23-8-7-18(11-23,17(25)26)19(20,21)22/h2-6,10H,7-9,11H2,1H3,(H,25,26). The highest BCUT2D eigenvalue weighted by Crippen LogP contribution is 2.45. The Balaban J connectivity index is 1.85. The Labute approximate surface area is 153 Å². The molecule has 0 aromatic heterocycles. The fraction of sp³-hybridized carbons (Fsp3) is 0.368. The van der Waals surface area contributed by atoms with E-state index < -0.39 is 36.4 Å². The Hall–Kier alpha value is -2.77. The Bertz CT molecular complexity index is 896. The maximum atomic E-state index is 13.3. The number of carbonyl (C=O) groups excluding carboxylic acids is 1. The molecule has 1 amide bonds. The minimum absolute atomic E-state index is 0.113. The first kappa shape index (κ1) is 19.0. The van der Waals surface area contributed by atoms with Crippen LogP contribution in [0, 0.1) is 5.41 Å². The van der Waals surface area contributed by atoms with E-state index in [9.17, 15) is 22.8 Å². The molecular formula is C19H18F3NO4. The summed E-state index contributed by atoms with van der Waals surface area (Å²) in [6, 6.07) is 10.7. The van der Waals surface area contributed by atoms with Crippen LogP contribution in [0.1, 0.15) is 12.0 Å². The number of ether oxygens (including phenoxy) is 1. The molecule has 1 unspecified atom stereocenters. The number of hydrogen-bond acceptors (Lipinski definition) is 3. The highest BCUT2D eigenvalue weighted by molar-refractivity contribution is 5.91. The molecule has 5 nitrogen and oxygen atoms in total. The zero-order chi connectivity index (χ0) is 19.8. The number of rotatable bonds is 4. The van der Waals surface area contributed by atoms with Crippen molar-refractivity contribution in [3.63, 3.8) is 0 Å². The summed E-state index contributed by atoms with van der Waals surface area (Å²) in [6.07, 6.45) is -5.67. The van der Waals surface area contributed by atoms with E-state index in [4.69, 9.17) is 9.84 Å². The van der Waals surface area contributed by atoms with Gasteiger partial charge in [-0.1, -0.05) is 24.3 Å². The number of halogens is 3. The van der Waals surface area contributed by atoms with Crippen LogP contribution in [0.5, 0.6) is 5.75 Å². The molecule has 1 saturated heterocycles. The number of benzene rings is 2. The molecule has 0 spiro atoms. The first-order valence-electron chi connectivity index (χ1n) is 8.31. The number of nitrogens with zero attached hydrogens (tertiary/aromatic N) is 1. The first-order chi connectivity index (χ1) is 12.7. The molecule has 1 fully saturated rings. The molecule has 27 heavy (non-hydrogen) atoms. The number of carboxylic acid groups (broad SMARTS) is 1. The monoisotopic (exact) mass is 381 g/mol. The maximum absolute atomic E-state index is 13.3. The topological polar surface area (TPSA) is 66.8 Å². The van der Waals surface area contributed by atoms with E-state index in [1.165, 1.54) is 7.11 Å². The van der Waals surface area contributed by atoms with Gasteiger partial charge >= 0.3 is 12.1 Å². The van der Waals surface area contributed by atoms with Gasteiger partial charge in [-0.25, -0.2) is 0 Å². The van der Waals surface area contributed by atoms with Crippen LogP contribution in [0.2, 0.25) is 0 Å². The molecule has 1 aliphatic rings. The van der Waals surface area contributed by atoms with Gasteiger partial charge in [0.25, 0.3) is 0 Å². The number of carbonyl (C=O) groups is 2. The van der Waals surface area contributed by atoms with Crippen molar-refractivity contribution < 1.29 is 32.6 Å². The maximum Gasteiger partial charge on any atom is 0.406 e. The Morgan fingerprint density at radius 2 is 2.00 bits per heavy atom. The van der Waals surface area contributed by atoms with Crippen molar-refractivity contribution in [3.8, 4) is 5.75 Å². The van der Waals surface area contributed by atoms with Crippen molar-refractivity contribution >= 4 is 22.6 Å². The molecule has 2 aromatic carbocycles. The molecule has 1 heterocycles. The molecule has 3 rings (SSSR count). The largest absolute Gasteiger partial charge is 0.497 e. The number of alkyl halides is 3. The molecule has 144 valence electrons. The zero-order valence-corrected chi connectivity index (χ0v) is 14.5. The third-order valence-corrected chi connectivity index (χ3v) is 5.10. The summed E-state index contributed by atoms with van der Waals surface area (Å²) in [6.45, 7) is -1.10. The van der Waals surface area contributed by atoms with E-state index in [0.29, 0.717) is 11.3 Å². The molecule has 1 aliphatic heterocycles. The van der Waals surface area contributed by atoms with Gasteiger partial charge in [-0.3, -0.25) is 9.59 Å². The van der Waals surface area contributed by atoms with Gasteiger partial charge in [-0.2, -0.15) is 13.2 Å².